The van der Waals surface area contributed by atoms with Gasteiger partial charge in [0.1, 0.15) is 5.69 Å². The molecule has 0 aromatic carbocycles. The third-order valence-corrected chi connectivity index (χ3v) is 3.40. The second-order valence-corrected chi connectivity index (χ2v) is 4.91. The number of carbonyl (C=O) groups excluding carboxylic acids is 1. The first-order chi connectivity index (χ1) is 8.02. The van der Waals surface area contributed by atoms with Gasteiger partial charge in [0, 0.05) is 12.6 Å². The SMILES string of the molecule is CCn1nc(C)c(N)c1C(=O)NC1CC(C)C1. The van der Waals surface area contributed by atoms with Crippen LogP contribution in [-0.4, -0.2) is 21.7 Å². The first-order valence-corrected chi connectivity index (χ1v) is 6.16. The number of carbonyl (C=O) groups is 1. The molecule has 2 rings (SSSR count). The summed E-state index contributed by atoms with van der Waals surface area (Å²) in [5, 5.41) is 7.26. The molecule has 94 valence electrons. The third-order valence-electron chi connectivity index (χ3n) is 3.40. The third kappa shape index (κ3) is 2.14. The Labute approximate surface area is 101 Å². The van der Waals surface area contributed by atoms with E-state index in [0.29, 0.717) is 24.0 Å². The van der Waals surface area contributed by atoms with E-state index in [0.717, 1.165) is 24.5 Å². The molecule has 17 heavy (non-hydrogen) atoms. The smallest absolute Gasteiger partial charge is 0.271 e. The van der Waals surface area contributed by atoms with Gasteiger partial charge in [0.2, 0.25) is 0 Å². The van der Waals surface area contributed by atoms with E-state index >= 15 is 0 Å². The van der Waals surface area contributed by atoms with Crippen molar-refractivity contribution in [1.29, 1.82) is 0 Å². The zero-order valence-electron chi connectivity index (χ0n) is 10.7. The van der Waals surface area contributed by atoms with E-state index in [-0.39, 0.29) is 5.91 Å². The summed E-state index contributed by atoms with van der Waals surface area (Å²) in [5.74, 6) is 0.623. The largest absolute Gasteiger partial charge is 0.395 e. The summed E-state index contributed by atoms with van der Waals surface area (Å²) < 4.78 is 1.67. The lowest BCUT2D eigenvalue weighted by molar-refractivity contribution is 0.0886. The molecule has 5 nitrogen and oxygen atoms in total. The van der Waals surface area contributed by atoms with Crippen LogP contribution in [0.3, 0.4) is 0 Å². The second kappa shape index (κ2) is 4.39. The maximum atomic E-state index is 12.1. The number of hydrogen-bond donors (Lipinski definition) is 2. The highest BCUT2D eigenvalue weighted by Gasteiger charge is 2.29. The predicted molar refractivity (Wildman–Crippen MR) is 66.7 cm³/mol. The minimum Gasteiger partial charge on any atom is -0.395 e. The number of amides is 1. The number of hydrogen-bond acceptors (Lipinski definition) is 3. The molecule has 1 saturated carbocycles. The van der Waals surface area contributed by atoms with Crippen molar-refractivity contribution < 1.29 is 4.79 Å². The van der Waals surface area contributed by atoms with Crippen LogP contribution in [0.25, 0.3) is 0 Å². The highest BCUT2D eigenvalue weighted by molar-refractivity contribution is 5.98. The molecular formula is C12H20N4O. The van der Waals surface area contributed by atoms with Gasteiger partial charge in [0.15, 0.2) is 0 Å². The minimum atomic E-state index is -0.0955. The van der Waals surface area contributed by atoms with E-state index in [1.54, 1.807) is 4.68 Å². The minimum absolute atomic E-state index is 0.0955. The van der Waals surface area contributed by atoms with Gasteiger partial charge in [-0.2, -0.15) is 5.10 Å². The summed E-state index contributed by atoms with van der Waals surface area (Å²) >= 11 is 0. The lowest BCUT2D eigenvalue weighted by Gasteiger charge is -2.33. The lowest BCUT2D eigenvalue weighted by Crippen LogP contribution is -2.44. The molecule has 0 radical (unpaired) electrons. The van der Waals surface area contributed by atoms with Gasteiger partial charge >= 0.3 is 0 Å². The fourth-order valence-corrected chi connectivity index (χ4v) is 2.34. The molecule has 0 bridgehead atoms. The van der Waals surface area contributed by atoms with Crippen LogP contribution in [0.15, 0.2) is 0 Å². The molecule has 0 spiro atoms. The molecule has 3 N–H and O–H groups in total. The van der Waals surface area contributed by atoms with Crippen LogP contribution in [0.4, 0.5) is 5.69 Å². The van der Waals surface area contributed by atoms with E-state index in [1.807, 2.05) is 13.8 Å². The maximum absolute atomic E-state index is 12.1. The van der Waals surface area contributed by atoms with Crippen molar-refractivity contribution in [2.45, 2.75) is 46.2 Å². The number of nitrogen functional groups attached to an aromatic ring is 1. The zero-order valence-corrected chi connectivity index (χ0v) is 10.7. The Hall–Kier alpha value is -1.52. The van der Waals surface area contributed by atoms with Crippen LogP contribution < -0.4 is 11.1 Å². The Morgan fingerprint density at radius 1 is 1.59 bits per heavy atom. The summed E-state index contributed by atoms with van der Waals surface area (Å²) in [6.07, 6.45) is 2.12. The average Bonchev–Trinajstić information content (AvgIpc) is 2.52. The fourth-order valence-electron chi connectivity index (χ4n) is 2.34. The van der Waals surface area contributed by atoms with Gasteiger partial charge < -0.3 is 11.1 Å². The molecule has 0 aliphatic heterocycles. The fraction of sp³-hybridized carbons (Fsp3) is 0.667. The van der Waals surface area contributed by atoms with Gasteiger partial charge in [-0.05, 0) is 32.6 Å². The molecule has 1 aromatic rings. The van der Waals surface area contributed by atoms with Crippen molar-refractivity contribution in [3.05, 3.63) is 11.4 Å². The molecule has 1 aliphatic rings. The number of aromatic nitrogens is 2. The molecule has 0 atom stereocenters. The number of nitrogens with one attached hydrogen (secondary N) is 1. The summed E-state index contributed by atoms with van der Waals surface area (Å²) in [6.45, 7) is 6.62. The maximum Gasteiger partial charge on any atom is 0.271 e. The Balaban J connectivity index is 2.13. The molecule has 1 amide bonds. The van der Waals surface area contributed by atoms with Crippen molar-refractivity contribution in [1.82, 2.24) is 15.1 Å². The van der Waals surface area contributed by atoms with Gasteiger partial charge in [-0.15, -0.1) is 0 Å². The summed E-state index contributed by atoms with van der Waals surface area (Å²) in [4.78, 5) is 12.1. The van der Waals surface area contributed by atoms with Crippen LogP contribution in [-0.2, 0) is 6.54 Å². The Morgan fingerprint density at radius 2 is 2.24 bits per heavy atom. The van der Waals surface area contributed by atoms with E-state index in [4.69, 9.17) is 5.73 Å². The standard InChI is InChI=1S/C12H20N4O/c1-4-16-11(10(13)8(3)15-16)12(17)14-9-5-7(2)6-9/h7,9H,4-6,13H2,1-3H3,(H,14,17). The van der Waals surface area contributed by atoms with Gasteiger partial charge in [-0.1, -0.05) is 6.92 Å². The van der Waals surface area contributed by atoms with E-state index in [9.17, 15) is 4.79 Å². The Kier molecular flexibility index (Phi) is 3.09. The molecule has 5 heteroatoms. The van der Waals surface area contributed by atoms with Gasteiger partial charge in [0.05, 0.1) is 11.4 Å². The number of rotatable bonds is 3. The zero-order chi connectivity index (χ0) is 12.6. The molecule has 1 fully saturated rings. The van der Waals surface area contributed by atoms with Crippen LogP contribution in [0.2, 0.25) is 0 Å². The lowest BCUT2D eigenvalue weighted by atomic mass is 9.82. The Morgan fingerprint density at radius 3 is 2.76 bits per heavy atom. The van der Waals surface area contributed by atoms with Gasteiger partial charge in [-0.3, -0.25) is 9.48 Å². The molecule has 0 unspecified atom stereocenters. The van der Waals surface area contributed by atoms with Crippen LogP contribution in [0, 0.1) is 12.8 Å². The van der Waals surface area contributed by atoms with Crippen molar-refractivity contribution in [2.75, 3.05) is 5.73 Å². The molecule has 1 aliphatic carbocycles. The monoisotopic (exact) mass is 236 g/mol. The first kappa shape index (κ1) is 12.0. The van der Waals surface area contributed by atoms with Crippen LogP contribution >= 0.6 is 0 Å². The highest BCUT2D eigenvalue weighted by atomic mass is 16.2. The normalized spacial score (nSPS) is 23.2. The topological polar surface area (TPSA) is 72.9 Å². The molecular weight excluding hydrogens is 216 g/mol. The van der Waals surface area contributed by atoms with E-state index < -0.39 is 0 Å². The summed E-state index contributed by atoms with van der Waals surface area (Å²) in [7, 11) is 0. The average molecular weight is 236 g/mol. The molecule has 1 heterocycles. The number of nitrogens with two attached hydrogens (primary N) is 1. The first-order valence-electron chi connectivity index (χ1n) is 6.16. The van der Waals surface area contributed by atoms with E-state index in [1.165, 1.54) is 0 Å². The van der Waals surface area contributed by atoms with Crippen molar-refractivity contribution >= 4 is 11.6 Å². The van der Waals surface area contributed by atoms with Gasteiger partial charge in [0.25, 0.3) is 5.91 Å². The van der Waals surface area contributed by atoms with Crippen molar-refractivity contribution in [3.63, 3.8) is 0 Å². The molecule has 0 saturated heterocycles. The second-order valence-electron chi connectivity index (χ2n) is 4.91. The van der Waals surface area contributed by atoms with Crippen LogP contribution in [0.1, 0.15) is 42.9 Å². The highest BCUT2D eigenvalue weighted by Crippen LogP contribution is 2.27. The quantitative estimate of drug-likeness (QED) is 0.831. The number of nitrogens with zero attached hydrogens (tertiary/aromatic N) is 2. The van der Waals surface area contributed by atoms with Crippen molar-refractivity contribution in [2.24, 2.45) is 5.92 Å². The van der Waals surface area contributed by atoms with Crippen LogP contribution in [0.5, 0.6) is 0 Å². The Bertz CT molecular complexity index is 432. The molecule has 1 aromatic heterocycles. The summed E-state index contributed by atoms with van der Waals surface area (Å²) in [5.41, 5.74) is 7.62. The van der Waals surface area contributed by atoms with Crippen molar-refractivity contribution in [3.8, 4) is 0 Å². The summed E-state index contributed by atoms with van der Waals surface area (Å²) in [6, 6.07) is 0.303. The predicted octanol–water partition coefficient (Wildman–Crippen LogP) is 1.32. The number of anilines is 1. The van der Waals surface area contributed by atoms with E-state index in [2.05, 4.69) is 17.3 Å². The number of aryl methyl sites for hydroxylation is 2. The van der Waals surface area contributed by atoms with Gasteiger partial charge in [-0.25, -0.2) is 0 Å².